The summed E-state index contributed by atoms with van der Waals surface area (Å²) in [5, 5.41) is 6.41. The van der Waals surface area contributed by atoms with Crippen LogP contribution in [0.25, 0.3) is 10.9 Å². The van der Waals surface area contributed by atoms with E-state index in [9.17, 15) is 4.79 Å². The summed E-state index contributed by atoms with van der Waals surface area (Å²) in [6, 6.07) is 8.68. The van der Waals surface area contributed by atoms with Gasteiger partial charge in [-0.05, 0) is 18.9 Å². The Morgan fingerprint density at radius 3 is 2.86 bits per heavy atom. The normalized spacial score (nSPS) is 15.5. The van der Waals surface area contributed by atoms with Crippen molar-refractivity contribution >= 4 is 33.3 Å². The van der Waals surface area contributed by atoms with E-state index in [1.165, 1.54) is 37.0 Å². The summed E-state index contributed by atoms with van der Waals surface area (Å²) in [6.07, 6.45) is 8.67. The third-order valence-corrected chi connectivity index (χ3v) is 5.04. The smallest absolute Gasteiger partial charge is 0.259 e. The van der Waals surface area contributed by atoms with Crippen LogP contribution in [0.15, 0.2) is 42.0 Å². The maximum Gasteiger partial charge on any atom is 0.259 e. The van der Waals surface area contributed by atoms with Crippen LogP contribution in [0.1, 0.15) is 42.1 Å². The zero-order valence-corrected chi connectivity index (χ0v) is 13.0. The highest BCUT2D eigenvalue weighted by Gasteiger charge is 2.22. The molecular weight excluding hydrogens is 294 g/mol. The summed E-state index contributed by atoms with van der Waals surface area (Å²) in [6.45, 7) is 0. The Labute approximate surface area is 132 Å². The molecule has 1 aromatic carbocycles. The third kappa shape index (κ3) is 2.31. The van der Waals surface area contributed by atoms with Crippen molar-refractivity contribution in [3.05, 3.63) is 47.6 Å². The van der Waals surface area contributed by atoms with Crippen molar-refractivity contribution < 1.29 is 4.79 Å². The second-order valence-electron chi connectivity index (χ2n) is 5.70. The molecule has 1 N–H and O–H groups in total. The van der Waals surface area contributed by atoms with Crippen LogP contribution in [0.2, 0.25) is 0 Å². The van der Waals surface area contributed by atoms with Crippen molar-refractivity contribution in [2.45, 2.75) is 31.7 Å². The van der Waals surface area contributed by atoms with Gasteiger partial charge in [0.1, 0.15) is 0 Å². The number of rotatable bonds is 3. The molecule has 0 spiro atoms. The van der Waals surface area contributed by atoms with Crippen LogP contribution in [0, 0.1) is 0 Å². The second-order valence-corrected chi connectivity index (χ2v) is 6.59. The monoisotopic (exact) mass is 311 g/mol. The van der Waals surface area contributed by atoms with Gasteiger partial charge in [-0.2, -0.15) is 0 Å². The van der Waals surface area contributed by atoms with Gasteiger partial charge in [0.2, 0.25) is 0 Å². The summed E-state index contributed by atoms with van der Waals surface area (Å²) in [5.41, 5.74) is 1.89. The van der Waals surface area contributed by atoms with Gasteiger partial charge in [-0.25, -0.2) is 4.98 Å². The molecule has 112 valence electrons. The van der Waals surface area contributed by atoms with Crippen LogP contribution < -0.4 is 5.32 Å². The van der Waals surface area contributed by atoms with E-state index in [1.807, 2.05) is 29.8 Å². The first kappa shape index (κ1) is 13.5. The lowest BCUT2D eigenvalue weighted by atomic mass is 10.1. The molecule has 22 heavy (non-hydrogen) atoms. The second kappa shape index (κ2) is 5.57. The fraction of sp³-hybridized carbons (Fsp3) is 0.294. The topological polar surface area (TPSA) is 46.9 Å². The van der Waals surface area contributed by atoms with Gasteiger partial charge in [-0.1, -0.05) is 31.0 Å². The van der Waals surface area contributed by atoms with E-state index in [0.29, 0.717) is 11.2 Å². The minimum Gasteiger partial charge on any atom is -0.344 e. The summed E-state index contributed by atoms with van der Waals surface area (Å²) in [7, 11) is 0. The van der Waals surface area contributed by atoms with Gasteiger partial charge in [-0.3, -0.25) is 10.1 Å². The van der Waals surface area contributed by atoms with E-state index in [1.54, 1.807) is 6.20 Å². The van der Waals surface area contributed by atoms with Gasteiger partial charge < -0.3 is 4.57 Å². The SMILES string of the molecule is O=C(Nc1nccs1)c1cn(C2CCCC2)c2ccccc12. The zero-order valence-electron chi connectivity index (χ0n) is 12.2. The average molecular weight is 311 g/mol. The van der Waals surface area contributed by atoms with Crippen molar-refractivity contribution in [2.24, 2.45) is 0 Å². The number of para-hydroxylation sites is 1. The van der Waals surface area contributed by atoms with Crippen LogP contribution in [0.4, 0.5) is 5.13 Å². The Hall–Kier alpha value is -2.14. The number of hydrogen-bond acceptors (Lipinski definition) is 3. The number of amides is 1. The van der Waals surface area contributed by atoms with Crippen molar-refractivity contribution in [1.29, 1.82) is 0 Å². The van der Waals surface area contributed by atoms with E-state index in [-0.39, 0.29) is 5.91 Å². The molecule has 0 aliphatic heterocycles. The van der Waals surface area contributed by atoms with Crippen LogP contribution in [-0.2, 0) is 0 Å². The summed E-state index contributed by atoms with van der Waals surface area (Å²) in [4.78, 5) is 16.7. The lowest BCUT2D eigenvalue weighted by molar-refractivity contribution is 0.102. The van der Waals surface area contributed by atoms with E-state index in [4.69, 9.17) is 0 Å². The number of anilines is 1. The number of carbonyl (C=O) groups is 1. The van der Waals surface area contributed by atoms with E-state index < -0.39 is 0 Å². The van der Waals surface area contributed by atoms with Gasteiger partial charge >= 0.3 is 0 Å². The van der Waals surface area contributed by atoms with Crippen LogP contribution in [0.3, 0.4) is 0 Å². The predicted octanol–water partition coefficient (Wildman–Crippen LogP) is 4.47. The Morgan fingerprint density at radius 1 is 1.27 bits per heavy atom. The molecular formula is C17H17N3OS. The summed E-state index contributed by atoms with van der Waals surface area (Å²) in [5.74, 6) is -0.0807. The molecule has 0 atom stereocenters. The highest BCUT2D eigenvalue weighted by atomic mass is 32.1. The molecule has 1 saturated carbocycles. The van der Waals surface area contributed by atoms with Crippen LogP contribution in [0.5, 0.6) is 0 Å². The highest BCUT2D eigenvalue weighted by molar-refractivity contribution is 7.13. The van der Waals surface area contributed by atoms with E-state index in [0.717, 1.165) is 16.5 Å². The lowest BCUT2D eigenvalue weighted by Gasteiger charge is -2.12. The van der Waals surface area contributed by atoms with Crippen LogP contribution in [-0.4, -0.2) is 15.5 Å². The quantitative estimate of drug-likeness (QED) is 0.776. The molecule has 0 bridgehead atoms. The number of fused-ring (bicyclic) bond motifs is 1. The van der Waals surface area contributed by atoms with Gasteiger partial charge in [0.25, 0.3) is 5.91 Å². The van der Waals surface area contributed by atoms with Gasteiger partial charge in [-0.15, -0.1) is 11.3 Å². The zero-order chi connectivity index (χ0) is 14.9. The minimum absolute atomic E-state index is 0.0807. The maximum atomic E-state index is 12.6. The molecule has 4 rings (SSSR count). The van der Waals surface area contributed by atoms with Crippen molar-refractivity contribution in [2.75, 3.05) is 5.32 Å². The average Bonchev–Trinajstić information content (AvgIpc) is 3.27. The minimum atomic E-state index is -0.0807. The van der Waals surface area contributed by atoms with E-state index in [2.05, 4.69) is 20.9 Å². The first-order valence-corrected chi connectivity index (χ1v) is 8.51. The maximum absolute atomic E-state index is 12.6. The number of aromatic nitrogens is 2. The Bertz CT molecular complexity index is 801. The number of thiazole rings is 1. The third-order valence-electron chi connectivity index (χ3n) is 4.36. The number of benzene rings is 1. The summed E-state index contributed by atoms with van der Waals surface area (Å²) >= 11 is 1.43. The number of nitrogens with one attached hydrogen (secondary N) is 1. The fourth-order valence-electron chi connectivity index (χ4n) is 3.32. The predicted molar refractivity (Wildman–Crippen MR) is 89.5 cm³/mol. The molecule has 3 aromatic rings. The molecule has 1 amide bonds. The first-order chi connectivity index (χ1) is 10.8. The Morgan fingerprint density at radius 2 is 2.09 bits per heavy atom. The van der Waals surface area contributed by atoms with Gasteiger partial charge in [0, 0.05) is 34.7 Å². The standard InChI is InChI=1S/C17H17N3OS/c21-16(19-17-18-9-10-22-17)14-11-20(12-5-1-2-6-12)15-8-4-3-7-13(14)15/h3-4,7-12H,1-2,5-6H2,(H,18,19,21). The molecule has 2 aromatic heterocycles. The Kier molecular flexibility index (Phi) is 3.42. The number of nitrogens with zero attached hydrogens (tertiary/aromatic N) is 2. The molecule has 1 aliphatic carbocycles. The fourth-order valence-corrected chi connectivity index (χ4v) is 3.84. The van der Waals surface area contributed by atoms with Gasteiger partial charge in [0.15, 0.2) is 5.13 Å². The lowest BCUT2D eigenvalue weighted by Crippen LogP contribution is -2.11. The summed E-state index contributed by atoms with van der Waals surface area (Å²) < 4.78 is 2.29. The largest absolute Gasteiger partial charge is 0.344 e. The van der Waals surface area contributed by atoms with Crippen molar-refractivity contribution in [3.63, 3.8) is 0 Å². The molecule has 5 heteroatoms. The first-order valence-electron chi connectivity index (χ1n) is 7.63. The molecule has 1 aliphatic rings. The molecule has 0 unspecified atom stereocenters. The van der Waals surface area contributed by atoms with Crippen LogP contribution >= 0.6 is 11.3 Å². The molecule has 4 nitrogen and oxygen atoms in total. The van der Waals surface area contributed by atoms with Gasteiger partial charge in [0.05, 0.1) is 5.56 Å². The number of hydrogen-bond donors (Lipinski definition) is 1. The molecule has 0 saturated heterocycles. The van der Waals surface area contributed by atoms with Crippen molar-refractivity contribution in [1.82, 2.24) is 9.55 Å². The number of carbonyl (C=O) groups excluding carboxylic acids is 1. The highest BCUT2D eigenvalue weighted by Crippen LogP contribution is 2.34. The van der Waals surface area contributed by atoms with E-state index >= 15 is 0 Å². The molecule has 2 heterocycles. The Balaban J connectivity index is 1.75. The molecule has 0 radical (unpaired) electrons. The van der Waals surface area contributed by atoms with Crippen molar-refractivity contribution in [3.8, 4) is 0 Å². The molecule has 1 fully saturated rings.